The largest absolute Gasteiger partial charge is 0.469 e. The molecular formula is C25H27ClN2O3. The molecule has 2 heterocycles. The van der Waals surface area contributed by atoms with Crippen LogP contribution in [-0.4, -0.2) is 42.0 Å². The van der Waals surface area contributed by atoms with Gasteiger partial charge in [0.2, 0.25) is 5.91 Å². The molecule has 0 radical (unpaired) electrons. The Kier molecular flexibility index (Phi) is 6.71. The number of hydrogen-bond acceptors (Lipinski definition) is 4. The van der Waals surface area contributed by atoms with Gasteiger partial charge >= 0.3 is 5.97 Å². The van der Waals surface area contributed by atoms with E-state index in [2.05, 4.69) is 22.9 Å². The van der Waals surface area contributed by atoms with Gasteiger partial charge in [0, 0.05) is 42.7 Å². The van der Waals surface area contributed by atoms with E-state index in [4.69, 9.17) is 16.6 Å². The molecule has 0 N–H and O–H groups in total. The van der Waals surface area contributed by atoms with E-state index in [0.29, 0.717) is 25.9 Å². The highest BCUT2D eigenvalue weighted by Gasteiger charge is 2.26. The topological polar surface area (TPSA) is 59.5 Å². The minimum absolute atomic E-state index is 0.111. The number of aromatic nitrogens is 1. The fourth-order valence-electron chi connectivity index (χ4n) is 4.55. The highest BCUT2D eigenvalue weighted by Crippen LogP contribution is 2.38. The number of esters is 1. The van der Waals surface area contributed by atoms with Crippen molar-refractivity contribution in [2.24, 2.45) is 0 Å². The third-order valence-electron chi connectivity index (χ3n) is 6.20. The van der Waals surface area contributed by atoms with E-state index in [-0.39, 0.29) is 18.3 Å². The van der Waals surface area contributed by atoms with Crippen LogP contribution in [0.2, 0.25) is 5.02 Å². The van der Waals surface area contributed by atoms with Crippen LogP contribution in [0.3, 0.4) is 0 Å². The fraction of sp³-hybridized carbons (Fsp3) is 0.400. The smallest absolute Gasteiger partial charge is 0.305 e. The Labute approximate surface area is 188 Å². The number of nitrogens with zero attached hydrogens (tertiary/aromatic N) is 2. The van der Waals surface area contributed by atoms with E-state index in [1.807, 2.05) is 23.2 Å². The summed E-state index contributed by atoms with van der Waals surface area (Å²) in [5.41, 5.74) is 7.38. The highest BCUT2D eigenvalue weighted by atomic mass is 35.5. The Morgan fingerprint density at radius 1 is 1.06 bits per heavy atom. The van der Waals surface area contributed by atoms with Crippen molar-refractivity contribution in [2.75, 3.05) is 20.2 Å². The number of likely N-dealkylation sites (tertiary alicyclic amines) is 1. The zero-order chi connectivity index (χ0) is 21.8. The van der Waals surface area contributed by atoms with Gasteiger partial charge in [-0.2, -0.15) is 0 Å². The maximum Gasteiger partial charge on any atom is 0.305 e. The van der Waals surface area contributed by atoms with E-state index in [9.17, 15) is 9.59 Å². The second-order valence-corrected chi connectivity index (χ2v) is 8.54. The number of carbonyl (C=O) groups excluding carboxylic acids is 2. The lowest BCUT2D eigenvalue weighted by molar-refractivity contribution is -0.140. The van der Waals surface area contributed by atoms with Crippen LogP contribution in [0.25, 0.3) is 5.57 Å². The third-order valence-corrected chi connectivity index (χ3v) is 6.44. The molecule has 0 unspecified atom stereocenters. The van der Waals surface area contributed by atoms with Gasteiger partial charge in [0.05, 0.1) is 12.8 Å². The molecule has 31 heavy (non-hydrogen) atoms. The van der Waals surface area contributed by atoms with Crippen LogP contribution in [0.4, 0.5) is 0 Å². The minimum atomic E-state index is -0.267. The molecule has 2 aliphatic rings. The first-order valence-electron chi connectivity index (χ1n) is 10.9. The molecule has 0 bridgehead atoms. The zero-order valence-corrected chi connectivity index (χ0v) is 18.6. The predicted octanol–water partition coefficient (Wildman–Crippen LogP) is 4.60. The van der Waals surface area contributed by atoms with Gasteiger partial charge in [-0.1, -0.05) is 29.3 Å². The maximum atomic E-state index is 12.6. The Morgan fingerprint density at radius 2 is 1.84 bits per heavy atom. The van der Waals surface area contributed by atoms with Crippen LogP contribution >= 0.6 is 11.6 Å². The molecule has 162 valence electrons. The third kappa shape index (κ3) is 4.82. The Bertz CT molecular complexity index is 1020. The van der Waals surface area contributed by atoms with Crippen LogP contribution in [0.15, 0.2) is 42.1 Å². The average Bonchev–Trinajstić information content (AvgIpc) is 2.95. The maximum absolute atomic E-state index is 12.6. The van der Waals surface area contributed by atoms with Crippen molar-refractivity contribution in [1.82, 2.24) is 9.88 Å². The van der Waals surface area contributed by atoms with E-state index in [1.165, 1.54) is 34.9 Å². The molecule has 0 atom stereocenters. The van der Waals surface area contributed by atoms with Crippen molar-refractivity contribution in [3.8, 4) is 0 Å². The number of amides is 1. The number of methoxy groups -OCH3 is 1. The van der Waals surface area contributed by atoms with Gasteiger partial charge < -0.3 is 9.64 Å². The van der Waals surface area contributed by atoms with Crippen molar-refractivity contribution in [2.45, 2.75) is 44.9 Å². The summed E-state index contributed by atoms with van der Waals surface area (Å²) >= 11 is 6.29. The molecule has 4 rings (SSSR count). The molecule has 6 heteroatoms. The van der Waals surface area contributed by atoms with Gasteiger partial charge in [-0.25, -0.2) is 0 Å². The number of aryl methyl sites for hydroxylation is 2. The average molecular weight is 439 g/mol. The zero-order valence-electron chi connectivity index (χ0n) is 17.8. The number of carbonyl (C=O) groups is 2. The summed E-state index contributed by atoms with van der Waals surface area (Å²) in [6.45, 7) is 1.39. The second kappa shape index (κ2) is 9.65. The predicted molar refractivity (Wildman–Crippen MR) is 121 cm³/mol. The first-order chi connectivity index (χ1) is 15.1. The molecule has 1 aromatic heterocycles. The number of hydrogen-bond donors (Lipinski definition) is 0. The lowest BCUT2D eigenvalue weighted by Crippen LogP contribution is -2.36. The SMILES string of the molecule is COC(=O)CCCC(=O)N1CCC(=C2c3ccc(Cl)cc3CCc3cccnc32)CC1. The molecule has 2 aromatic rings. The summed E-state index contributed by atoms with van der Waals surface area (Å²) in [6.07, 6.45) is 6.60. The molecular weight excluding hydrogens is 412 g/mol. The van der Waals surface area contributed by atoms with Crippen molar-refractivity contribution in [3.63, 3.8) is 0 Å². The summed E-state index contributed by atoms with van der Waals surface area (Å²) < 4.78 is 4.65. The Hall–Kier alpha value is -2.66. The van der Waals surface area contributed by atoms with Crippen LogP contribution in [0, 0.1) is 0 Å². The quantitative estimate of drug-likeness (QED) is 0.654. The Balaban J connectivity index is 1.56. The molecule has 1 saturated heterocycles. The van der Waals surface area contributed by atoms with Crippen molar-refractivity contribution < 1.29 is 14.3 Å². The van der Waals surface area contributed by atoms with Crippen LogP contribution in [0.5, 0.6) is 0 Å². The summed E-state index contributed by atoms with van der Waals surface area (Å²) in [6, 6.07) is 10.3. The number of ether oxygens (including phenoxy) is 1. The summed E-state index contributed by atoms with van der Waals surface area (Å²) in [7, 11) is 1.37. The lowest BCUT2D eigenvalue weighted by Gasteiger charge is -2.30. The van der Waals surface area contributed by atoms with Crippen LogP contribution in [-0.2, 0) is 27.2 Å². The van der Waals surface area contributed by atoms with Crippen molar-refractivity contribution in [1.29, 1.82) is 0 Å². The molecule has 1 aliphatic heterocycles. The normalized spacial score (nSPS) is 15.7. The second-order valence-electron chi connectivity index (χ2n) is 8.10. The summed E-state index contributed by atoms with van der Waals surface area (Å²) in [5, 5.41) is 0.759. The van der Waals surface area contributed by atoms with Crippen molar-refractivity contribution in [3.05, 3.63) is 69.5 Å². The molecule has 0 saturated carbocycles. The van der Waals surface area contributed by atoms with Crippen LogP contribution in [0.1, 0.15) is 54.5 Å². The molecule has 1 aromatic carbocycles. The van der Waals surface area contributed by atoms with Gasteiger partial charge in [0.15, 0.2) is 0 Å². The van der Waals surface area contributed by atoms with E-state index in [0.717, 1.165) is 36.4 Å². The van der Waals surface area contributed by atoms with Gasteiger partial charge in [-0.15, -0.1) is 0 Å². The van der Waals surface area contributed by atoms with Crippen LogP contribution < -0.4 is 0 Å². The molecule has 1 aliphatic carbocycles. The van der Waals surface area contributed by atoms with E-state index in [1.54, 1.807) is 0 Å². The number of pyridine rings is 1. The molecule has 5 nitrogen and oxygen atoms in total. The first kappa shape index (κ1) is 21.6. The van der Waals surface area contributed by atoms with E-state index < -0.39 is 0 Å². The monoisotopic (exact) mass is 438 g/mol. The number of benzene rings is 1. The fourth-order valence-corrected chi connectivity index (χ4v) is 4.75. The summed E-state index contributed by atoms with van der Waals surface area (Å²) in [5.74, 6) is -0.156. The molecule has 1 fully saturated rings. The van der Waals surface area contributed by atoms with Gasteiger partial charge in [0.25, 0.3) is 0 Å². The molecule has 0 spiro atoms. The van der Waals surface area contributed by atoms with Crippen molar-refractivity contribution >= 4 is 29.1 Å². The summed E-state index contributed by atoms with van der Waals surface area (Å²) in [4.78, 5) is 30.5. The van der Waals surface area contributed by atoms with E-state index >= 15 is 0 Å². The highest BCUT2D eigenvalue weighted by molar-refractivity contribution is 6.30. The van der Waals surface area contributed by atoms with Gasteiger partial charge in [-0.3, -0.25) is 14.6 Å². The number of rotatable bonds is 4. The minimum Gasteiger partial charge on any atom is -0.469 e. The molecule has 1 amide bonds. The Morgan fingerprint density at radius 3 is 2.61 bits per heavy atom. The van der Waals surface area contributed by atoms with Gasteiger partial charge in [-0.05, 0) is 67.0 Å². The van der Waals surface area contributed by atoms with Gasteiger partial charge in [0.1, 0.15) is 0 Å². The number of piperidine rings is 1. The number of fused-ring (bicyclic) bond motifs is 2. The number of halogens is 1. The first-order valence-corrected chi connectivity index (χ1v) is 11.2. The standard InChI is InChI=1S/C25H27ClN2O3/c1-31-23(30)6-2-5-22(29)28-14-11-17(12-15-28)24-21-10-9-20(26)16-19(21)8-7-18-4-3-13-27-25(18)24/h3-4,9-10,13,16H,2,5-8,11-12,14-15H2,1H3. The lowest BCUT2D eigenvalue weighted by atomic mass is 9.88.